The zero-order valence-electron chi connectivity index (χ0n) is 9.54. The molecule has 2 fully saturated rings. The van der Waals surface area contributed by atoms with Crippen molar-refractivity contribution in [1.29, 1.82) is 0 Å². The molecule has 14 heavy (non-hydrogen) atoms. The van der Waals surface area contributed by atoms with Crippen LogP contribution in [0.5, 0.6) is 0 Å². The van der Waals surface area contributed by atoms with Crippen LogP contribution in [0, 0.1) is 5.92 Å². The largest absolute Gasteiger partial charge is 0.302 e. The lowest BCUT2D eigenvalue weighted by atomic mass is 10.0. The summed E-state index contributed by atoms with van der Waals surface area (Å²) in [6.07, 6.45) is 5.72. The second-order valence-corrected chi connectivity index (χ2v) is 5.10. The van der Waals surface area contributed by atoms with E-state index >= 15 is 0 Å². The first-order valence-electron chi connectivity index (χ1n) is 6.29. The Morgan fingerprint density at radius 1 is 0.929 bits per heavy atom. The smallest absolute Gasteiger partial charge is 0.0109 e. The molecule has 0 aliphatic carbocycles. The summed E-state index contributed by atoms with van der Waals surface area (Å²) in [6.45, 7) is 10.4. The molecule has 0 spiro atoms. The second kappa shape index (κ2) is 5.13. The van der Waals surface area contributed by atoms with Crippen LogP contribution in [0.2, 0.25) is 0 Å². The molecule has 2 aliphatic rings. The summed E-state index contributed by atoms with van der Waals surface area (Å²) in [4.78, 5) is 5.28. The Kier molecular flexibility index (Phi) is 3.82. The van der Waals surface area contributed by atoms with E-state index in [4.69, 9.17) is 0 Å². The van der Waals surface area contributed by atoms with Crippen LogP contribution < -0.4 is 0 Å². The Morgan fingerprint density at radius 2 is 1.57 bits per heavy atom. The minimum absolute atomic E-state index is 0.933. The summed E-state index contributed by atoms with van der Waals surface area (Å²) in [5, 5.41) is 0. The standard InChI is InChI=1S/C12H24N2/c1-12-5-4-8-14(11-12)10-9-13-6-2-3-7-13/h12H,2-11H2,1H3/t12-/m1/s1. The van der Waals surface area contributed by atoms with Crippen molar-refractivity contribution in [3.8, 4) is 0 Å². The van der Waals surface area contributed by atoms with Gasteiger partial charge in [0, 0.05) is 19.6 Å². The summed E-state index contributed by atoms with van der Waals surface area (Å²) >= 11 is 0. The molecule has 0 aromatic heterocycles. The van der Waals surface area contributed by atoms with Crippen molar-refractivity contribution in [3.63, 3.8) is 0 Å². The summed E-state index contributed by atoms with van der Waals surface area (Å²) in [7, 11) is 0. The monoisotopic (exact) mass is 196 g/mol. The molecule has 0 bridgehead atoms. The van der Waals surface area contributed by atoms with Crippen LogP contribution in [0.1, 0.15) is 32.6 Å². The van der Waals surface area contributed by atoms with Gasteiger partial charge in [-0.3, -0.25) is 0 Å². The second-order valence-electron chi connectivity index (χ2n) is 5.10. The topological polar surface area (TPSA) is 6.48 Å². The first-order valence-corrected chi connectivity index (χ1v) is 6.29. The highest BCUT2D eigenvalue weighted by Crippen LogP contribution is 2.15. The number of piperidine rings is 1. The predicted molar refractivity (Wildman–Crippen MR) is 60.5 cm³/mol. The average Bonchev–Trinajstić information content (AvgIpc) is 2.67. The van der Waals surface area contributed by atoms with E-state index in [-0.39, 0.29) is 0 Å². The summed E-state index contributed by atoms with van der Waals surface area (Å²) < 4.78 is 0. The van der Waals surface area contributed by atoms with Gasteiger partial charge in [-0.05, 0) is 51.2 Å². The van der Waals surface area contributed by atoms with Crippen LogP contribution in [-0.4, -0.2) is 49.1 Å². The predicted octanol–water partition coefficient (Wildman–Crippen LogP) is 1.81. The molecule has 1 atom stereocenters. The maximum atomic E-state index is 2.66. The number of hydrogen-bond acceptors (Lipinski definition) is 2. The third-order valence-corrected chi connectivity index (χ3v) is 3.67. The van der Waals surface area contributed by atoms with Crippen molar-refractivity contribution in [2.24, 2.45) is 5.92 Å². The number of likely N-dealkylation sites (tertiary alicyclic amines) is 2. The van der Waals surface area contributed by atoms with Gasteiger partial charge in [0.25, 0.3) is 0 Å². The SMILES string of the molecule is C[C@@H]1CCCN(CCN2CCCC2)C1. The molecular formula is C12H24N2. The normalized spacial score (nSPS) is 31.1. The lowest BCUT2D eigenvalue weighted by molar-refractivity contribution is 0.163. The number of rotatable bonds is 3. The molecule has 2 nitrogen and oxygen atoms in total. The highest BCUT2D eigenvalue weighted by atomic mass is 15.2. The minimum Gasteiger partial charge on any atom is -0.302 e. The van der Waals surface area contributed by atoms with Crippen LogP contribution in [-0.2, 0) is 0 Å². The van der Waals surface area contributed by atoms with E-state index in [0.717, 1.165) is 5.92 Å². The molecule has 0 radical (unpaired) electrons. The molecule has 0 aromatic carbocycles. The van der Waals surface area contributed by atoms with Gasteiger partial charge in [-0.1, -0.05) is 6.92 Å². The van der Waals surface area contributed by atoms with Crippen molar-refractivity contribution in [1.82, 2.24) is 9.80 Å². The van der Waals surface area contributed by atoms with E-state index in [1.807, 2.05) is 0 Å². The minimum atomic E-state index is 0.933. The van der Waals surface area contributed by atoms with E-state index in [1.165, 1.54) is 65.0 Å². The van der Waals surface area contributed by atoms with Crippen LogP contribution in [0.15, 0.2) is 0 Å². The maximum absolute atomic E-state index is 2.66. The molecule has 0 N–H and O–H groups in total. The fourth-order valence-corrected chi connectivity index (χ4v) is 2.78. The zero-order valence-corrected chi connectivity index (χ0v) is 9.54. The molecule has 0 aromatic rings. The van der Waals surface area contributed by atoms with Crippen molar-refractivity contribution in [2.75, 3.05) is 39.3 Å². The molecule has 2 heterocycles. The van der Waals surface area contributed by atoms with E-state index in [1.54, 1.807) is 0 Å². The van der Waals surface area contributed by atoms with Crippen LogP contribution in [0.25, 0.3) is 0 Å². The van der Waals surface area contributed by atoms with Crippen molar-refractivity contribution >= 4 is 0 Å². The van der Waals surface area contributed by atoms with Crippen LogP contribution in [0.3, 0.4) is 0 Å². The Balaban J connectivity index is 1.64. The van der Waals surface area contributed by atoms with Gasteiger partial charge in [-0.15, -0.1) is 0 Å². The fourth-order valence-electron chi connectivity index (χ4n) is 2.78. The van der Waals surface area contributed by atoms with E-state index in [9.17, 15) is 0 Å². The first kappa shape index (κ1) is 10.4. The van der Waals surface area contributed by atoms with Gasteiger partial charge in [-0.25, -0.2) is 0 Å². The Morgan fingerprint density at radius 3 is 2.29 bits per heavy atom. The highest BCUT2D eigenvalue weighted by molar-refractivity contribution is 4.73. The fraction of sp³-hybridized carbons (Fsp3) is 1.00. The zero-order chi connectivity index (χ0) is 9.80. The summed E-state index contributed by atoms with van der Waals surface area (Å²) in [6, 6.07) is 0. The van der Waals surface area contributed by atoms with Crippen LogP contribution >= 0.6 is 0 Å². The van der Waals surface area contributed by atoms with Gasteiger partial charge in [0.05, 0.1) is 0 Å². The van der Waals surface area contributed by atoms with E-state index in [0.29, 0.717) is 0 Å². The maximum Gasteiger partial charge on any atom is 0.0109 e. The number of hydrogen-bond donors (Lipinski definition) is 0. The Labute approximate surface area is 88.3 Å². The number of nitrogens with zero attached hydrogens (tertiary/aromatic N) is 2. The van der Waals surface area contributed by atoms with Gasteiger partial charge < -0.3 is 9.80 Å². The van der Waals surface area contributed by atoms with E-state index < -0.39 is 0 Å². The first-order chi connectivity index (χ1) is 6.84. The lowest BCUT2D eigenvalue weighted by Gasteiger charge is -2.32. The third-order valence-electron chi connectivity index (χ3n) is 3.67. The van der Waals surface area contributed by atoms with Crippen molar-refractivity contribution in [3.05, 3.63) is 0 Å². The van der Waals surface area contributed by atoms with Gasteiger partial charge in [0.2, 0.25) is 0 Å². The third kappa shape index (κ3) is 2.96. The average molecular weight is 196 g/mol. The van der Waals surface area contributed by atoms with Crippen molar-refractivity contribution < 1.29 is 0 Å². The lowest BCUT2D eigenvalue weighted by Crippen LogP contribution is -2.39. The van der Waals surface area contributed by atoms with Gasteiger partial charge in [0.1, 0.15) is 0 Å². The molecule has 2 rings (SSSR count). The Bertz CT molecular complexity index is 164. The van der Waals surface area contributed by atoms with Gasteiger partial charge in [-0.2, -0.15) is 0 Å². The van der Waals surface area contributed by atoms with Gasteiger partial charge in [0.15, 0.2) is 0 Å². The van der Waals surface area contributed by atoms with E-state index in [2.05, 4.69) is 16.7 Å². The Hall–Kier alpha value is -0.0800. The quantitative estimate of drug-likeness (QED) is 0.679. The summed E-state index contributed by atoms with van der Waals surface area (Å²) in [5.41, 5.74) is 0. The molecular weight excluding hydrogens is 172 g/mol. The molecule has 0 unspecified atom stereocenters. The van der Waals surface area contributed by atoms with Crippen molar-refractivity contribution in [2.45, 2.75) is 32.6 Å². The molecule has 82 valence electrons. The molecule has 2 saturated heterocycles. The van der Waals surface area contributed by atoms with Gasteiger partial charge >= 0.3 is 0 Å². The molecule has 0 saturated carbocycles. The highest BCUT2D eigenvalue weighted by Gasteiger charge is 2.17. The molecule has 2 heteroatoms. The summed E-state index contributed by atoms with van der Waals surface area (Å²) in [5.74, 6) is 0.933. The van der Waals surface area contributed by atoms with Crippen LogP contribution in [0.4, 0.5) is 0 Å². The molecule has 0 amide bonds. The molecule has 2 aliphatic heterocycles.